The molecule has 0 unspecified atom stereocenters. The molecule has 0 atom stereocenters. The van der Waals surface area contributed by atoms with Gasteiger partial charge in [0.05, 0.1) is 17.1 Å². The third-order valence-corrected chi connectivity index (χ3v) is 4.13. The Morgan fingerprint density at radius 3 is 2.31 bits per heavy atom. The summed E-state index contributed by atoms with van der Waals surface area (Å²) < 4.78 is 2.02. The van der Waals surface area contributed by atoms with E-state index in [4.69, 9.17) is 9.97 Å². The van der Waals surface area contributed by atoms with Crippen molar-refractivity contribution in [1.82, 2.24) is 19.5 Å². The van der Waals surface area contributed by atoms with Crippen molar-refractivity contribution in [3.63, 3.8) is 0 Å². The van der Waals surface area contributed by atoms with Crippen molar-refractivity contribution in [2.24, 2.45) is 7.05 Å². The van der Waals surface area contributed by atoms with Crippen LogP contribution < -0.4 is 0 Å². The van der Waals surface area contributed by atoms with E-state index in [1.807, 2.05) is 78.5 Å². The minimum absolute atomic E-state index is 0.889. The van der Waals surface area contributed by atoms with Gasteiger partial charge in [-0.3, -0.25) is 4.98 Å². The summed E-state index contributed by atoms with van der Waals surface area (Å²) in [5, 5.41) is 0. The molecule has 0 radical (unpaired) electrons. The predicted molar refractivity (Wildman–Crippen MR) is 105 cm³/mol. The van der Waals surface area contributed by atoms with Crippen LogP contribution in [0.25, 0.3) is 34.7 Å². The van der Waals surface area contributed by atoms with E-state index in [2.05, 4.69) is 17.1 Å². The topological polar surface area (TPSA) is 43.6 Å². The van der Waals surface area contributed by atoms with Crippen LogP contribution in [0.3, 0.4) is 0 Å². The van der Waals surface area contributed by atoms with Crippen LogP contribution in [0.4, 0.5) is 0 Å². The van der Waals surface area contributed by atoms with E-state index in [0.717, 1.165) is 34.0 Å². The smallest absolute Gasteiger partial charge is 0.133 e. The molecule has 0 bridgehead atoms. The molecule has 4 rings (SSSR count). The molecule has 0 aliphatic rings. The van der Waals surface area contributed by atoms with E-state index < -0.39 is 0 Å². The second-order valence-corrected chi connectivity index (χ2v) is 5.98. The molecule has 4 nitrogen and oxygen atoms in total. The average molecular weight is 338 g/mol. The highest BCUT2D eigenvalue weighted by atomic mass is 15.0. The van der Waals surface area contributed by atoms with Crippen LogP contribution in [0.2, 0.25) is 0 Å². The summed E-state index contributed by atoms with van der Waals surface area (Å²) in [5.41, 5.74) is 4.95. The SMILES string of the molecule is Cn1cc(-c2ccccc2)nc1/C=C/c1cccc(-c2ccncc2)n1. The first-order valence-electron chi connectivity index (χ1n) is 8.44. The van der Waals surface area contributed by atoms with Crippen molar-refractivity contribution in [3.05, 3.63) is 90.8 Å². The summed E-state index contributed by atoms with van der Waals surface area (Å²) in [5.74, 6) is 0.889. The first-order chi connectivity index (χ1) is 12.8. The summed E-state index contributed by atoms with van der Waals surface area (Å²) in [4.78, 5) is 13.5. The van der Waals surface area contributed by atoms with Gasteiger partial charge in [-0.15, -0.1) is 0 Å². The number of hydrogen-bond acceptors (Lipinski definition) is 3. The van der Waals surface area contributed by atoms with Gasteiger partial charge in [-0.2, -0.15) is 0 Å². The average Bonchev–Trinajstić information content (AvgIpc) is 3.09. The number of aryl methyl sites for hydroxylation is 1. The van der Waals surface area contributed by atoms with Crippen LogP contribution >= 0.6 is 0 Å². The third kappa shape index (κ3) is 3.44. The van der Waals surface area contributed by atoms with Gasteiger partial charge in [0.1, 0.15) is 5.82 Å². The Morgan fingerprint density at radius 1 is 0.731 bits per heavy atom. The van der Waals surface area contributed by atoms with Crippen LogP contribution in [-0.2, 0) is 7.05 Å². The summed E-state index contributed by atoms with van der Waals surface area (Å²) in [6.07, 6.45) is 9.57. The number of imidazole rings is 1. The van der Waals surface area contributed by atoms with Gasteiger partial charge in [0.15, 0.2) is 0 Å². The van der Waals surface area contributed by atoms with E-state index in [9.17, 15) is 0 Å². The van der Waals surface area contributed by atoms with Crippen LogP contribution in [0, 0.1) is 0 Å². The molecule has 0 N–H and O–H groups in total. The van der Waals surface area contributed by atoms with Gasteiger partial charge in [-0.25, -0.2) is 9.97 Å². The molecular weight excluding hydrogens is 320 g/mol. The van der Waals surface area contributed by atoms with E-state index >= 15 is 0 Å². The summed E-state index contributed by atoms with van der Waals surface area (Å²) in [7, 11) is 2.00. The number of rotatable bonds is 4. The first kappa shape index (κ1) is 16.0. The van der Waals surface area contributed by atoms with E-state index in [1.54, 1.807) is 12.4 Å². The van der Waals surface area contributed by atoms with Crippen LogP contribution in [0.5, 0.6) is 0 Å². The molecule has 0 saturated heterocycles. The fourth-order valence-electron chi connectivity index (χ4n) is 2.77. The van der Waals surface area contributed by atoms with Crippen molar-refractivity contribution < 1.29 is 0 Å². The number of hydrogen-bond donors (Lipinski definition) is 0. The van der Waals surface area contributed by atoms with Gasteiger partial charge in [0.25, 0.3) is 0 Å². The Balaban J connectivity index is 1.60. The highest BCUT2D eigenvalue weighted by Gasteiger charge is 2.05. The fourth-order valence-corrected chi connectivity index (χ4v) is 2.77. The van der Waals surface area contributed by atoms with E-state index in [-0.39, 0.29) is 0 Å². The quantitative estimate of drug-likeness (QED) is 0.541. The normalized spacial score (nSPS) is 11.1. The molecule has 26 heavy (non-hydrogen) atoms. The van der Waals surface area contributed by atoms with Crippen molar-refractivity contribution in [3.8, 4) is 22.5 Å². The highest BCUT2D eigenvalue weighted by Crippen LogP contribution is 2.19. The Morgan fingerprint density at radius 2 is 1.50 bits per heavy atom. The lowest BCUT2D eigenvalue weighted by molar-refractivity contribution is 0.898. The van der Waals surface area contributed by atoms with Gasteiger partial charge < -0.3 is 4.57 Å². The molecular formula is C22H18N4. The standard InChI is InChI=1S/C22H18N4/c1-26-16-21(17-6-3-2-4-7-17)25-22(26)11-10-19-8-5-9-20(24-19)18-12-14-23-15-13-18/h2-16H,1H3/b11-10+. The van der Waals surface area contributed by atoms with Gasteiger partial charge in [0, 0.05) is 36.8 Å². The van der Waals surface area contributed by atoms with Gasteiger partial charge in [-0.05, 0) is 36.4 Å². The Bertz CT molecular complexity index is 1030. The largest absolute Gasteiger partial charge is 0.334 e. The maximum absolute atomic E-state index is 4.72. The molecule has 126 valence electrons. The predicted octanol–water partition coefficient (Wildman–Crippen LogP) is 4.71. The lowest BCUT2D eigenvalue weighted by atomic mass is 10.1. The molecule has 0 amide bonds. The van der Waals surface area contributed by atoms with E-state index in [0.29, 0.717) is 0 Å². The minimum Gasteiger partial charge on any atom is -0.334 e. The summed E-state index contributed by atoms with van der Waals surface area (Å²) in [6, 6.07) is 20.1. The second kappa shape index (κ2) is 7.15. The summed E-state index contributed by atoms with van der Waals surface area (Å²) >= 11 is 0. The number of aromatic nitrogens is 4. The maximum atomic E-state index is 4.72. The molecule has 0 saturated carbocycles. The number of benzene rings is 1. The lowest BCUT2D eigenvalue weighted by Gasteiger charge is -2.01. The fraction of sp³-hybridized carbons (Fsp3) is 0.0455. The van der Waals surface area contributed by atoms with Crippen LogP contribution in [0.1, 0.15) is 11.5 Å². The van der Waals surface area contributed by atoms with Crippen LogP contribution in [-0.4, -0.2) is 19.5 Å². The van der Waals surface area contributed by atoms with Gasteiger partial charge in [0.2, 0.25) is 0 Å². The van der Waals surface area contributed by atoms with Crippen molar-refractivity contribution in [1.29, 1.82) is 0 Å². The summed E-state index contributed by atoms with van der Waals surface area (Å²) in [6.45, 7) is 0. The Hall–Kier alpha value is -3.53. The second-order valence-electron chi connectivity index (χ2n) is 5.98. The monoisotopic (exact) mass is 338 g/mol. The molecule has 3 aromatic heterocycles. The molecule has 0 aliphatic carbocycles. The maximum Gasteiger partial charge on any atom is 0.133 e. The Labute approximate surface area is 152 Å². The Kier molecular flexibility index (Phi) is 4.39. The van der Waals surface area contributed by atoms with E-state index in [1.165, 1.54) is 0 Å². The van der Waals surface area contributed by atoms with Crippen LogP contribution in [0.15, 0.2) is 79.3 Å². The van der Waals surface area contributed by atoms with Crippen molar-refractivity contribution in [2.75, 3.05) is 0 Å². The first-order valence-corrected chi connectivity index (χ1v) is 8.44. The molecule has 0 aliphatic heterocycles. The van der Waals surface area contributed by atoms with Crippen molar-refractivity contribution >= 4 is 12.2 Å². The molecule has 4 heteroatoms. The highest BCUT2D eigenvalue weighted by molar-refractivity contribution is 5.69. The molecule has 3 heterocycles. The third-order valence-electron chi connectivity index (χ3n) is 4.13. The number of nitrogens with zero attached hydrogens (tertiary/aromatic N) is 4. The number of pyridine rings is 2. The molecule has 0 fully saturated rings. The van der Waals surface area contributed by atoms with Crippen molar-refractivity contribution in [2.45, 2.75) is 0 Å². The van der Waals surface area contributed by atoms with Gasteiger partial charge >= 0.3 is 0 Å². The lowest BCUT2D eigenvalue weighted by Crippen LogP contribution is -1.90. The van der Waals surface area contributed by atoms with Gasteiger partial charge in [-0.1, -0.05) is 36.4 Å². The molecule has 1 aromatic carbocycles. The molecule has 0 spiro atoms. The zero-order valence-corrected chi connectivity index (χ0v) is 14.4. The molecule has 4 aromatic rings. The zero-order chi connectivity index (χ0) is 17.8. The zero-order valence-electron chi connectivity index (χ0n) is 14.4. The minimum atomic E-state index is 0.889.